The second kappa shape index (κ2) is 6.97. The Morgan fingerprint density at radius 1 is 1.29 bits per heavy atom. The van der Waals surface area contributed by atoms with E-state index in [0.29, 0.717) is 5.69 Å². The van der Waals surface area contributed by atoms with Crippen molar-refractivity contribution in [2.24, 2.45) is 0 Å². The third kappa shape index (κ3) is 4.48. The second-order valence-electron chi connectivity index (χ2n) is 3.93. The van der Waals surface area contributed by atoms with E-state index in [1.54, 1.807) is 41.8 Å². The van der Waals surface area contributed by atoms with Crippen molar-refractivity contribution in [2.45, 2.75) is 9.10 Å². The molecule has 0 spiro atoms. The lowest BCUT2D eigenvalue weighted by Gasteiger charge is -2.07. The van der Waals surface area contributed by atoms with Gasteiger partial charge in [-0.1, -0.05) is 6.07 Å². The van der Waals surface area contributed by atoms with Crippen LogP contribution in [0.1, 0.15) is 0 Å². The molecule has 5 nitrogen and oxygen atoms in total. The van der Waals surface area contributed by atoms with E-state index in [0.717, 1.165) is 16.2 Å². The van der Waals surface area contributed by atoms with Crippen LogP contribution >= 0.6 is 23.1 Å². The molecule has 0 amide bonds. The third-order valence-electron chi connectivity index (χ3n) is 2.45. The average Bonchev–Trinajstić information content (AvgIpc) is 3.01. The Hall–Kier alpha value is -1.51. The zero-order valence-corrected chi connectivity index (χ0v) is 13.6. The lowest BCUT2D eigenvalue weighted by molar-refractivity contribution is -0.137. The van der Waals surface area contributed by atoms with Gasteiger partial charge in [0.2, 0.25) is 0 Å². The number of ether oxygens (including phenoxy) is 1. The number of hydrogen-bond acceptors (Lipinski definition) is 6. The zero-order chi connectivity index (χ0) is 15.3. The molecule has 0 saturated heterocycles. The first kappa shape index (κ1) is 15.9. The molecule has 0 atom stereocenters. The summed E-state index contributed by atoms with van der Waals surface area (Å²) < 4.78 is 31.4. The molecule has 2 rings (SSSR count). The molecular weight excluding hydrogens is 330 g/mol. The zero-order valence-electron chi connectivity index (χ0n) is 11.1. The summed E-state index contributed by atoms with van der Waals surface area (Å²) in [5, 5.41) is 1.71. The molecule has 0 aliphatic carbocycles. The van der Waals surface area contributed by atoms with Crippen molar-refractivity contribution in [2.75, 3.05) is 17.6 Å². The van der Waals surface area contributed by atoms with Gasteiger partial charge in [-0.3, -0.25) is 9.52 Å². The summed E-state index contributed by atoms with van der Waals surface area (Å²) >= 11 is 2.49. The number of esters is 1. The van der Waals surface area contributed by atoms with Crippen molar-refractivity contribution in [3.8, 4) is 0 Å². The topological polar surface area (TPSA) is 72.5 Å². The van der Waals surface area contributed by atoms with Crippen LogP contribution in [0.4, 0.5) is 5.69 Å². The summed E-state index contributed by atoms with van der Waals surface area (Å²) in [4.78, 5) is 11.9. The largest absolute Gasteiger partial charge is 0.468 e. The van der Waals surface area contributed by atoms with Gasteiger partial charge in [0.15, 0.2) is 0 Å². The number of thioether (sulfide) groups is 1. The van der Waals surface area contributed by atoms with Crippen LogP contribution in [0.15, 0.2) is 50.9 Å². The number of hydrogen-bond donors (Lipinski definition) is 1. The van der Waals surface area contributed by atoms with Crippen LogP contribution in [-0.4, -0.2) is 27.2 Å². The van der Waals surface area contributed by atoms with Gasteiger partial charge < -0.3 is 4.74 Å². The first-order chi connectivity index (χ1) is 10.0. The molecule has 0 aliphatic heterocycles. The fraction of sp³-hybridized carbons (Fsp3) is 0.154. The Kier molecular flexibility index (Phi) is 5.27. The molecule has 0 saturated carbocycles. The summed E-state index contributed by atoms with van der Waals surface area (Å²) in [5.74, 6) is -0.0842. The van der Waals surface area contributed by atoms with Crippen LogP contribution in [0.5, 0.6) is 0 Å². The van der Waals surface area contributed by atoms with Gasteiger partial charge in [-0.25, -0.2) is 8.42 Å². The highest BCUT2D eigenvalue weighted by Crippen LogP contribution is 2.23. The highest BCUT2D eigenvalue weighted by Gasteiger charge is 2.14. The predicted octanol–water partition coefficient (Wildman–Crippen LogP) is 2.81. The van der Waals surface area contributed by atoms with Crippen molar-refractivity contribution < 1.29 is 17.9 Å². The number of thiophene rings is 1. The summed E-state index contributed by atoms with van der Waals surface area (Å²) in [5.41, 5.74) is 0.478. The minimum Gasteiger partial charge on any atom is -0.468 e. The highest BCUT2D eigenvalue weighted by atomic mass is 32.2. The van der Waals surface area contributed by atoms with Crippen LogP contribution in [-0.2, 0) is 19.6 Å². The van der Waals surface area contributed by atoms with Gasteiger partial charge >= 0.3 is 5.97 Å². The third-order valence-corrected chi connectivity index (χ3v) is 6.22. The monoisotopic (exact) mass is 343 g/mol. The molecule has 1 aromatic heterocycles. The molecule has 1 aromatic carbocycles. The van der Waals surface area contributed by atoms with Crippen LogP contribution in [0.3, 0.4) is 0 Å². The number of nitrogens with one attached hydrogen (secondary N) is 1. The van der Waals surface area contributed by atoms with Crippen LogP contribution < -0.4 is 4.72 Å². The molecule has 1 heterocycles. The quantitative estimate of drug-likeness (QED) is 0.645. The second-order valence-corrected chi connectivity index (χ2v) is 7.83. The van der Waals surface area contributed by atoms with Crippen LogP contribution in [0.2, 0.25) is 0 Å². The van der Waals surface area contributed by atoms with Crippen molar-refractivity contribution in [1.29, 1.82) is 0 Å². The first-order valence-corrected chi connectivity index (χ1v) is 9.22. The maximum absolute atomic E-state index is 12.0. The number of carbonyl (C=O) groups excluding carboxylic acids is 1. The molecule has 0 aliphatic rings. The number of sulfonamides is 1. The summed E-state index contributed by atoms with van der Waals surface area (Å²) in [6.45, 7) is 0. The Morgan fingerprint density at radius 2 is 2.00 bits per heavy atom. The molecular formula is C13H13NO4S3. The van der Waals surface area contributed by atoms with Gasteiger partial charge in [0.05, 0.1) is 12.9 Å². The van der Waals surface area contributed by atoms with Gasteiger partial charge in [0, 0.05) is 10.6 Å². The van der Waals surface area contributed by atoms with Crippen molar-refractivity contribution >= 4 is 44.8 Å². The maximum atomic E-state index is 12.0. The summed E-state index contributed by atoms with van der Waals surface area (Å²) in [6, 6.07) is 10.1. The lowest BCUT2D eigenvalue weighted by atomic mass is 10.3. The van der Waals surface area contributed by atoms with E-state index in [4.69, 9.17) is 0 Å². The Balaban J connectivity index is 2.01. The van der Waals surface area contributed by atoms with E-state index in [-0.39, 0.29) is 15.9 Å². The maximum Gasteiger partial charge on any atom is 0.315 e. The molecule has 0 unspecified atom stereocenters. The number of rotatable bonds is 6. The standard InChI is InChI=1S/C13H13NO4S3/c1-18-12(15)9-20-11-6-4-10(5-7-11)14-21(16,17)13-3-2-8-19-13/h2-8,14H,9H2,1H3. The van der Waals surface area contributed by atoms with Crippen LogP contribution in [0.25, 0.3) is 0 Å². The Bertz CT molecular complexity index is 694. The minimum atomic E-state index is -3.52. The number of methoxy groups -OCH3 is 1. The smallest absolute Gasteiger partial charge is 0.315 e. The van der Waals surface area contributed by atoms with Gasteiger partial charge in [-0.05, 0) is 35.7 Å². The van der Waals surface area contributed by atoms with Crippen molar-refractivity contribution in [3.05, 3.63) is 41.8 Å². The SMILES string of the molecule is COC(=O)CSc1ccc(NS(=O)(=O)c2cccs2)cc1. The van der Waals surface area contributed by atoms with E-state index in [1.807, 2.05) is 0 Å². The van der Waals surface area contributed by atoms with Crippen molar-refractivity contribution in [3.63, 3.8) is 0 Å². The van der Waals surface area contributed by atoms with E-state index in [2.05, 4.69) is 9.46 Å². The lowest BCUT2D eigenvalue weighted by Crippen LogP contribution is -2.11. The summed E-state index contributed by atoms with van der Waals surface area (Å²) in [7, 11) is -2.19. The van der Waals surface area contributed by atoms with Crippen molar-refractivity contribution in [1.82, 2.24) is 0 Å². The minimum absolute atomic E-state index is 0.219. The van der Waals surface area contributed by atoms with E-state index >= 15 is 0 Å². The first-order valence-electron chi connectivity index (χ1n) is 5.87. The highest BCUT2D eigenvalue weighted by molar-refractivity contribution is 8.00. The number of carbonyl (C=O) groups is 1. The fourth-order valence-electron chi connectivity index (χ4n) is 1.44. The molecule has 1 N–H and O–H groups in total. The summed E-state index contributed by atoms with van der Waals surface area (Å²) in [6.07, 6.45) is 0. The Labute approximate surface area is 131 Å². The molecule has 0 fully saturated rings. The number of benzene rings is 1. The normalized spacial score (nSPS) is 11.1. The molecule has 2 aromatic rings. The molecule has 21 heavy (non-hydrogen) atoms. The molecule has 112 valence electrons. The molecule has 8 heteroatoms. The van der Waals surface area contributed by atoms with Gasteiger partial charge in [-0.2, -0.15) is 0 Å². The van der Waals surface area contributed by atoms with Gasteiger partial charge in [-0.15, -0.1) is 23.1 Å². The van der Waals surface area contributed by atoms with Gasteiger partial charge in [0.25, 0.3) is 10.0 Å². The van der Waals surface area contributed by atoms with Crippen LogP contribution in [0, 0.1) is 0 Å². The number of anilines is 1. The average molecular weight is 343 g/mol. The fourth-order valence-corrected chi connectivity index (χ4v) is 4.22. The van der Waals surface area contributed by atoms with Gasteiger partial charge in [0.1, 0.15) is 4.21 Å². The van der Waals surface area contributed by atoms with E-state index in [1.165, 1.54) is 18.9 Å². The van der Waals surface area contributed by atoms with E-state index < -0.39 is 10.0 Å². The Morgan fingerprint density at radius 3 is 2.57 bits per heavy atom. The molecule has 0 bridgehead atoms. The van der Waals surface area contributed by atoms with E-state index in [9.17, 15) is 13.2 Å². The molecule has 0 radical (unpaired) electrons. The predicted molar refractivity (Wildman–Crippen MR) is 84.3 cm³/mol.